The molecule has 0 aliphatic heterocycles. The van der Waals surface area contributed by atoms with Crippen LogP contribution in [0.5, 0.6) is 5.75 Å². The molecular formula is C16H22N2O2. The number of hydrogen-bond acceptors (Lipinski definition) is 4. The summed E-state index contributed by atoms with van der Waals surface area (Å²) in [6.07, 6.45) is 0.439. The van der Waals surface area contributed by atoms with Crippen molar-refractivity contribution in [3.05, 3.63) is 29.8 Å². The molecule has 1 aromatic rings. The zero-order valence-electron chi connectivity index (χ0n) is 12.4. The van der Waals surface area contributed by atoms with E-state index in [0.717, 1.165) is 5.75 Å². The summed E-state index contributed by atoms with van der Waals surface area (Å²) in [5.74, 6) is 0.842. The van der Waals surface area contributed by atoms with Crippen LogP contribution in [0.1, 0.15) is 37.6 Å². The third kappa shape index (κ3) is 5.02. The van der Waals surface area contributed by atoms with Gasteiger partial charge in [-0.15, -0.1) is 0 Å². The minimum Gasteiger partial charge on any atom is -0.494 e. The molecule has 1 aromatic carbocycles. The summed E-state index contributed by atoms with van der Waals surface area (Å²) in [4.78, 5) is 14.2. The number of nitriles is 1. The first kappa shape index (κ1) is 16.2. The molecule has 0 N–H and O–H groups in total. The molecule has 4 nitrogen and oxygen atoms in total. The first-order chi connectivity index (χ1) is 9.58. The Morgan fingerprint density at radius 1 is 1.35 bits per heavy atom. The molecule has 0 heterocycles. The molecule has 0 bridgehead atoms. The number of benzene rings is 1. The first-order valence-electron chi connectivity index (χ1n) is 6.95. The highest BCUT2D eigenvalue weighted by Crippen LogP contribution is 2.13. The number of ketones is 1. The van der Waals surface area contributed by atoms with Crippen LogP contribution in [0.3, 0.4) is 0 Å². The van der Waals surface area contributed by atoms with Crippen molar-refractivity contribution in [1.82, 2.24) is 4.90 Å². The molecule has 0 aliphatic carbocycles. The second-order valence-corrected chi connectivity index (χ2v) is 4.85. The fourth-order valence-corrected chi connectivity index (χ4v) is 1.89. The summed E-state index contributed by atoms with van der Waals surface area (Å²) < 4.78 is 5.36. The second kappa shape index (κ2) is 8.34. The molecule has 0 fully saturated rings. The Morgan fingerprint density at radius 3 is 2.50 bits per heavy atom. The van der Waals surface area contributed by atoms with Gasteiger partial charge in [0.15, 0.2) is 5.78 Å². The molecule has 0 unspecified atom stereocenters. The molecule has 0 saturated carbocycles. The topological polar surface area (TPSA) is 53.3 Å². The van der Waals surface area contributed by atoms with Crippen LogP contribution in [0, 0.1) is 11.3 Å². The van der Waals surface area contributed by atoms with Crippen LogP contribution < -0.4 is 4.74 Å². The van der Waals surface area contributed by atoms with Crippen molar-refractivity contribution < 1.29 is 9.53 Å². The van der Waals surface area contributed by atoms with Crippen molar-refractivity contribution in [3.63, 3.8) is 0 Å². The minimum absolute atomic E-state index is 0.0692. The highest BCUT2D eigenvalue weighted by molar-refractivity contribution is 5.97. The summed E-state index contributed by atoms with van der Waals surface area (Å²) in [5.41, 5.74) is 0.677. The van der Waals surface area contributed by atoms with E-state index in [1.165, 1.54) is 0 Å². The van der Waals surface area contributed by atoms with E-state index in [-0.39, 0.29) is 11.8 Å². The number of rotatable bonds is 8. The van der Waals surface area contributed by atoms with Crippen LogP contribution in [0.4, 0.5) is 0 Å². The molecule has 0 atom stereocenters. The predicted molar refractivity (Wildman–Crippen MR) is 78.9 cm³/mol. The molecule has 0 spiro atoms. The monoisotopic (exact) mass is 274 g/mol. The van der Waals surface area contributed by atoms with E-state index >= 15 is 0 Å². The largest absolute Gasteiger partial charge is 0.494 e. The van der Waals surface area contributed by atoms with E-state index in [4.69, 9.17) is 10.00 Å². The molecule has 1 rings (SSSR count). The zero-order valence-corrected chi connectivity index (χ0v) is 12.4. The highest BCUT2D eigenvalue weighted by atomic mass is 16.5. The van der Waals surface area contributed by atoms with Crippen molar-refractivity contribution in [2.75, 3.05) is 19.7 Å². The van der Waals surface area contributed by atoms with Crippen LogP contribution in [0.2, 0.25) is 0 Å². The lowest BCUT2D eigenvalue weighted by Crippen LogP contribution is -2.36. The van der Waals surface area contributed by atoms with Crippen molar-refractivity contribution >= 4 is 5.78 Å². The molecule has 20 heavy (non-hydrogen) atoms. The summed E-state index contributed by atoms with van der Waals surface area (Å²) in [6.45, 7) is 7.56. The van der Waals surface area contributed by atoms with Crippen LogP contribution in [0.25, 0.3) is 0 Å². The van der Waals surface area contributed by atoms with Gasteiger partial charge in [-0.05, 0) is 45.0 Å². The van der Waals surface area contributed by atoms with Crippen molar-refractivity contribution in [3.8, 4) is 11.8 Å². The maximum atomic E-state index is 12.2. The Kier molecular flexibility index (Phi) is 6.75. The maximum Gasteiger partial charge on any atom is 0.176 e. The van der Waals surface area contributed by atoms with Crippen LogP contribution in [-0.4, -0.2) is 36.4 Å². The van der Waals surface area contributed by atoms with Crippen molar-refractivity contribution in [1.29, 1.82) is 5.26 Å². The van der Waals surface area contributed by atoms with Crippen LogP contribution in [0.15, 0.2) is 24.3 Å². The number of carbonyl (C=O) groups is 1. The van der Waals surface area contributed by atoms with Gasteiger partial charge in [0.25, 0.3) is 0 Å². The van der Waals surface area contributed by atoms with Gasteiger partial charge in [0.05, 0.1) is 19.2 Å². The molecule has 108 valence electrons. The standard InChI is InChI=1S/C16H22N2O2/c1-4-20-15-8-6-14(7-9-15)16(19)12-18(13(2)3)11-5-10-17/h6-9,13H,4-5,11-12H2,1-3H3. The van der Waals surface area contributed by atoms with Gasteiger partial charge in [-0.3, -0.25) is 9.69 Å². The van der Waals surface area contributed by atoms with Gasteiger partial charge in [-0.25, -0.2) is 0 Å². The van der Waals surface area contributed by atoms with Gasteiger partial charge < -0.3 is 4.74 Å². The van der Waals surface area contributed by atoms with Gasteiger partial charge in [-0.1, -0.05) is 0 Å². The Labute approximate surface area is 121 Å². The highest BCUT2D eigenvalue weighted by Gasteiger charge is 2.15. The van der Waals surface area contributed by atoms with Crippen LogP contribution in [-0.2, 0) is 0 Å². The average Bonchev–Trinajstić information content (AvgIpc) is 2.44. The summed E-state index contributed by atoms with van der Waals surface area (Å²) in [7, 11) is 0. The molecule has 0 aliphatic rings. The fraction of sp³-hybridized carbons (Fsp3) is 0.500. The number of ether oxygens (including phenoxy) is 1. The van der Waals surface area contributed by atoms with Gasteiger partial charge in [0.1, 0.15) is 5.75 Å². The lowest BCUT2D eigenvalue weighted by molar-refractivity contribution is 0.0908. The average molecular weight is 274 g/mol. The Hall–Kier alpha value is -1.86. The summed E-state index contributed by atoms with van der Waals surface area (Å²) in [6, 6.07) is 9.56. The number of hydrogen-bond donors (Lipinski definition) is 0. The van der Waals surface area contributed by atoms with Crippen LogP contribution >= 0.6 is 0 Å². The van der Waals surface area contributed by atoms with Gasteiger partial charge in [0, 0.05) is 24.6 Å². The SMILES string of the molecule is CCOc1ccc(C(=O)CN(CCC#N)C(C)C)cc1. The zero-order chi connectivity index (χ0) is 15.0. The quantitative estimate of drug-likeness (QED) is 0.684. The maximum absolute atomic E-state index is 12.2. The number of nitrogens with zero attached hydrogens (tertiary/aromatic N) is 2. The summed E-state index contributed by atoms with van der Waals surface area (Å²) >= 11 is 0. The number of carbonyl (C=O) groups excluding carboxylic acids is 1. The number of Topliss-reactive ketones (excluding diaryl/α,β-unsaturated/α-hetero) is 1. The lowest BCUT2D eigenvalue weighted by atomic mass is 10.1. The lowest BCUT2D eigenvalue weighted by Gasteiger charge is -2.24. The van der Waals surface area contributed by atoms with E-state index < -0.39 is 0 Å². The molecule has 0 saturated heterocycles. The molecule has 4 heteroatoms. The smallest absolute Gasteiger partial charge is 0.176 e. The third-order valence-electron chi connectivity index (χ3n) is 3.08. The Balaban J connectivity index is 2.66. The summed E-state index contributed by atoms with van der Waals surface area (Å²) in [5, 5.41) is 8.65. The second-order valence-electron chi connectivity index (χ2n) is 4.85. The first-order valence-corrected chi connectivity index (χ1v) is 6.95. The van der Waals surface area contributed by atoms with Gasteiger partial charge in [-0.2, -0.15) is 5.26 Å². The van der Waals surface area contributed by atoms with Gasteiger partial charge >= 0.3 is 0 Å². The van der Waals surface area contributed by atoms with E-state index in [0.29, 0.717) is 31.7 Å². The van der Waals surface area contributed by atoms with E-state index in [2.05, 4.69) is 6.07 Å². The fourth-order valence-electron chi connectivity index (χ4n) is 1.89. The third-order valence-corrected chi connectivity index (χ3v) is 3.08. The van der Waals surface area contributed by atoms with Crippen molar-refractivity contribution in [2.24, 2.45) is 0 Å². The molecule has 0 aromatic heterocycles. The van der Waals surface area contributed by atoms with Gasteiger partial charge in [0.2, 0.25) is 0 Å². The predicted octanol–water partition coefficient (Wildman–Crippen LogP) is 2.89. The molecule has 0 radical (unpaired) electrons. The van der Waals surface area contributed by atoms with E-state index in [1.807, 2.05) is 37.8 Å². The van der Waals surface area contributed by atoms with E-state index in [1.54, 1.807) is 12.1 Å². The van der Waals surface area contributed by atoms with E-state index in [9.17, 15) is 4.79 Å². The van der Waals surface area contributed by atoms with Crippen molar-refractivity contribution in [2.45, 2.75) is 33.2 Å². The normalized spacial score (nSPS) is 10.6. The Morgan fingerprint density at radius 2 is 2.00 bits per heavy atom. The molecule has 0 amide bonds. The molecular weight excluding hydrogens is 252 g/mol. The minimum atomic E-state index is 0.0692. The Bertz CT molecular complexity index is 460.